The number of non-ortho nitro benzene ring substituents is 1. The second-order valence-electron chi connectivity index (χ2n) is 5.15. The lowest BCUT2D eigenvalue weighted by Crippen LogP contribution is -2.02. The van der Waals surface area contributed by atoms with Crippen LogP contribution in [0.1, 0.15) is 16.7 Å². The summed E-state index contributed by atoms with van der Waals surface area (Å²) in [5.41, 5.74) is 4.26. The molecule has 0 amide bonds. The Kier molecular flexibility index (Phi) is 3.48. The van der Waals surface area contributed by atoms with Crippen molar-refractivity contribution < 1.29 is 9.66 Å². The molecule has 108 valence electrons. The fourth-order valence-corrected chi connectivity index (χ4v) is 2.46. The van der Waals surface area contributed by atoms with Crippen LogP contribution < -0.4 is 10.1 Å². The van der Waals surface area contributed by atoms with E-state index in [1.54, 1.807) is 12.1 Å². The van der Waals surface area contributed by atoms with Gasteiger partial charge in [0.25, 0.3) is 5.69 Å². The lowest BCUT2D eigenvalue weighted by atomic mass is 10.1. The Bertz CT molecular complexity index is 698. The number of hydrogen-bond acceptors (Lipinski definition) is 4. The zero-order valence-electron chi connectivity index (χ0n) is 11.8. The second-order valence-corrected chi connectivity index (χ2v) is 5.15. The lowest BCUT2D eigenvalue weighted by molar-refractivity contribution is -0.384. The van der Waals surface area contributed by atoms with Gasteiger partial charge in [-0.25, -0.2) is 0 Å². The Hall–Kier alpha value is -2.56. The number of nitro groups is 1. The molecule has 1 aliphatic heterocycles. The standard InChI is InChI=1S/C16H16N2O3/c1-11-2-4-14(18(19)20)9-15(11)17-10-12-3-5-16-13(8-12)6-7-21-16/h2-5,8-9,17H,6-7,10H2,1H3. The highest BCUT2D eigenvalue weighted by Crippen LogP contribution is 2.27. The van der Waals surface area contributed by atoms with Gasteiger partial charge >= 0.3 is 0 Å². The zero-order chi connectivity index (χ0) is 14.8. The highest BCUT2D eigenvalue weighted by Gasteiger charge is 2.12. The van der Waals surface area contributed by atoms with E-state index in [2.05, 4.69) is 11.4 Å². The monoisotopic (exact) mass is 284 g/mol. The van der Waals surface area contributed by atoms with Gasteiger partial charge in [0.05, 0.1) is 11.5 Å². The van der Waals surface area contributed by atoms with Gasteiger partial charge in [0, 0.05) is 30.8 Å². The van der Waals surface area contributed by atoms with E-state index < -0.39 is 0 Å². The number of aryl methyl sites for hydroxylation is 1. The van der Waals surface area contributed by atoms with E-state index in [0.717, 1.165) is 35.6 Å². The van der Waals surface area contributed by atoms with Gasteiger partial charge in [0.1, 0.15) is 5.75 Å². The molecule has 5 nitrogen and oxygen atoms in total. The molecular formula is C16H16N2O3. The van der Waals surface area contributed by atoms with E-state index in [0.29, 0.717) is 6.54 Å². The maximum atomic E-state index is 10.8. The van der Waals surface area contributed by atoms with Gasteiger partial charge in [-0.15, -0.1) is 0 Å². The first-order chi connectivity index (χ1) is 10.1. The molecule has 5 heteroatoms. The molecule has 0 bridgehead atoms. The van der Waals surface area contributed by atoms with Crippen LogP contribution in [-0.4, -0.2) is 11.5 Å². The van der Waals surface area contributed by atoms with Crippen LogP contribution in [0.5, 0.6) is 5.75 Å². The van der Waals surface area contributed by atoms with Crippen LogP contribution in [0.3, 0.4) is 0 Å². The van der Waals surface area contributed by atoms with Gasteiger partial charge in [0.15, 0.2) is 0 Å². The first-order valence-corrected chi connectivity index (χ1v) is 6.87. The van der Waals surface area contributed by atoms with Crippen molar-refractivity contribution in [3.8, 4) is 5.75 Å². The summed E-state index contributed by atoms with van der Waals surface area (Å²) >= 11 is 0. The average Bonchev–Trinajstić information content (AvgIpc) is 2.93. The molecule has 0 fully saturated rings. The van der Waals surface area contributed by atoms with Crippen molar-refractivity contribution in [2.24, 2.45) is 0 Å². The number of hydrogen-bond donors (Lipinski definition) is 1. The van der Waals surface area contributed by atoms with Crippen LogP contribution in [-0.2, 0) is 13.0 Å². The number of anilines is 1. The molecule has 21 heavy (non-hydrogen) atoms. The molecule has 2 aromatic carbocycles. The molecule has 1 N–H and O–H groups in total. The number of fused-ring (bicyclic) bond motifs is 1. The molecule has 0 aromatic heterocycles. The number of rotatable bonds is 4. The normalized spacial score (nSPS) is 12.6. The van der Waals surface area contributed by atoms with E-state index in [9.17, 15) is 10.1 Å². The van der Waals surface area contributed by atoms with Crippen LogP contribution >= 0.6 is 0 Å². The van der Waals surface area contributed by atoms with E-state index in [1.165, 1.54) is 11.6 Å². The summed E-state index contributed by atoms with van der Waals surface area (Å²) in [5, 5.41) is 14.1. The highest BCUT2D eigenvalue weighted by molar-refractivity contribution is 5.57. The fraction of sp³-hybridized carbons (Fsp3) is 0.250. The Balaban J connectivity index is 1.75. The van der Waals surface area contributed by atoms with Crippen molar-refractivity contribution in [1.29, 1.82) is 0 Å². The Morgan fingerprint density at radius 1 is 1.29 bits per heavy atom. The van der Waals surface area contributed by atoms with Gasteiger partial charge < -0.3 is 10.1 Å². The van der Waals surface area contributed by atoms with Gasteiger partial charge in [-0.2, -0.15) is 0 Å². The SMILES string of the molecule is Cc1ccc([N+](=O)[O-])cc1NCc1ccc2c(c1)CCO2. The minimum Gasteiger partial charge on any atom is -0.493 e. The van der Waals surface area contributed by atoms with Gasteiger partial charge in [-0.05, 0) is 29.7 Å². The third-order valence-electron chi connectivity index (χ3n) is 3.67. The Labute approximate surface area is 122 Å². The summed E-state index contributed by atoms with van der Waals surface area (Å²) in [6, 6.07) is 11.0. The molecule has 1 heterocycles. The number of nitrogens with one attached hydrogen (secondary N) is 1. The third-order valence-corrected chi connectivity index (χ3v) is 3.67. The Morgan fingerprint density at radius 2 is 2.14 bits per heavy atom. The molecule has 1 aliphatic rings. The van der Waals surface area contributed by atoms with Crippen molar-refractivity contribution >= 4 is 11.4 Å². The van der Waals surface area contributed by atoms with Crippen LogP contribution in [0.4, 0.5) is 11.4 Å². The number of benzene rings is 2. The van der Waals surface area contributed by atoms with Crippen LogP contribution in [0, 0.1) is 17.0 Å². The largest absolute Gasteiger partial charge is 0.493 e. The van der Waals surface area contributed by atoms with E-state index in [1.807, 2.05) is 19.1 Å². The maximum absolute atomic E-state index is 10.8. The molecule has 2 aromatic rings. The molecule has 0 spiro atoms. The number of nitro benzene ring substituents is 1. The zero-order valence-corrected chi connectivity index (χ0v) is 11.8. The molecular weight excluding hydrogens is 268 g/mol. The van der Waals surface area contributed by atoms with Gasteiger partial charge in [-0.1, -0.05) is 18.2 Å². The van der Waals surface area contributed by atoms with E-state index >= 15 is 0 Å². The van der Waals surface area contributed by atoms with Crippen molar-refractivity contribution in [3.05, 3.63) is 63.2 Å². The lowest BCUT2D eigenvalue weighted by Gasteiger charge is -2.10. The van der Waals surface area contributed by atoms with E-state index in [-0.39, 0.29) is 10.6 Å². The fourth-order valence-electron chi connectivity index (χ4n) is 2.46. The summed E-state index contributed by atoms with van der Waals surface area (Å²) in [6.45, 7) is 3.31. The topological polar surface area (TPSA) is 64.4 Å². The van der Waals surface area contributed by atoms with Crippen molar-refractivity contribution in [2.75, 3.05) is 11.9 Å². The summed E-state index contributed by atoms with van der Waals surface area (Å²) in [6.07, 6.45) is 0.943. The first-order valence-electron chi connectivity index (χ1n) is 6.87. The molecule has 0 unspecified atom stereocenters. The van der Waals surface area contributed by atoms with Gasteiger partial charge in [-0.3, -0.25) is 10.1 Å². The predicted molar refractivity (Wildman–Crippen MR) is 80.8 cm³/mol. The number of ether oxygens (including phenoxy) is 1. The third kappa shape index (κ3) is 2.81. The molecule has 0 atom stereocenters. The molecule has 0 aliphatic carbocycles. The second kappa shape index (κ2) is 5.44. The summed E-state index contributed by atoms with van der Waals surface area (Å²) < 4.78 is 5.48. The maximum Gasteiger partial charge on any atom is 0.271 e. The summed E-state index contributed by atoms with van der Waals surface area (Å²) in [4.78, 5) is 10.5. The van der Waals surface area contributed by atoms with Crippen molar-refractivity contribution in [2.45, 2.75) is 19.9 Å². The molecule has 0 saturated carbocycles. The summed E-state index contributed by atoms with van der Waals surface area (Å²) in [5.74, 6) is 0.963. The smallest absolute Gasteiger partial charge is 0.271 e. The Morgan fingerprint density at radius 3 is 2.95 bits per heavy atom. The van der Waals surface area contributed by atoms with Crippen molar-refractivity contribution in [3.63, 3.8) is 0 Å². The van der Waals surface area contributed by atoms with Crippen molar-refractivity contribution in [1.82, 2.24) is 0 Å². The predicted octanol–water partition coefficient (Wildman–Crippen LogP) is 3.45. The summed E-state index contributed by atoms with van der Waals surface area (Å²) in [7, 11) is 0. The average molecular weight is 284 g/mol. The minimum atomic E-state index is -0.378. The molecule has 3 rings (SSSR count). The molecule has 0 saturated heterocycles. The quantitative estimate of drug-likeness (QED) is 0.690. The van der Waals surface area contributed by atoms with Crippen LogP contribution in [0.2, 0.25) is 0 Å². The van der Waals surface area contributed by atoms with Crippen LogP contribution in [0.15, 0.2) is 36.4 Å². The van der Waals surface area contributed by atoms with E-state index in [4.69, 9.17) is 4.74 Å². The van der Waals surface area contributed by atoms with Gasteiger partial charge in [0.2, 0.25) is 0 Å². The number of nitrogens with zero attached hydrogens (tertiary/aromatic N) is 1. The highest BCUT2D eigenvalue weighted by atomic mass is 16.6. The minimum absolute atomic E-state index is 0.102. The van der Waals surface area contributed by atoms with Crippen LogP contribution in [0.25, 0.3) is 0 Å². The molecule has 0 radical (unpaired) electrons. The first kappa shape index (κ1) is 13.4.